The lowest BCUT2D eigenvalue weighted by atomic mass is 10.1. The molecule has 0 saturated heterocycles. The molecule has 0 fully saturated rings. The highest BCUT2D eigenvalue weighted by Gasteiger charge is 2.07. The van der Waals surface area contributed by atoms with Crippen molar-refractivity contribution < 1.29 is 0 Å². The average Bonchev–Trinajstić information content (AvgIpc) is 1.99. The molecule has 0 atom stereocenters. The molecule has 0 saturated carbocycles. The van der Waals surface area contributed by atoms with Gasteiger partial charge in [-0.05, 0) is 26.2 Å². The summed E-state index contributed by atoms with van der Waals surface area (Å²) in [6.45, 7) is 8.19. The molecule has 0 bridgehead atoms. The van der Waals surface area contributed by atoms with Gasteiger partial charge in [0.15, 0.2) is 0 Å². The van der Waals surface area contributed by atoms with Gasteiger partial charge in [-0.1, -0.05) is 13.8 Å². The molecule has 0 spiro atoms. The summed E-state index contributed by atoms with van der Waals surface area (Å²) in [7, 11) is 0. The molecule has 0 aromatic carbocycles. The van der Waals surface area contributed by atoms with E-state index in [-0.39, 0.29) is 0 Å². The fraction of sp³-hybridized carbons (Fsp3) is 0.600. The second-order valence-corrected chi connectivity index (χ2v) is 3.82. The summed E-state index contributed by atoms with van der Waals surface area (Å²) in [5.41, 5.74) is 8.59. The number of hydrogen-bond donors (Lipinski definition) is 1. The van der Waals surface area contributed by atoms with Crippen LogP contribution in [0.15, 0.2) is 0 Å². The Kier molecular flexibility index (Phi) is 2.86. The van der Waals surface area contributed by atoms with E-state index in [0.29, 0.717) is 11.7 Å². The number of nitrogens with two attached hydrogens (primary N) is 1. The normalized spacial score (nSPS) is 10.8. The molecule has 0 radical (unpaired) electrons. The third-order valence-corrected chi connectivity index (χ3v) is 2.01. The Bertz CT molecular complexity index is 305. The molecule has 1 rings (SSSR count). The maximum absolute atomic E-state index is 5.76. The second kappa shape index (κ2) is 3.73. The molecule has 1 aromatic rings. The Hall–Kier alpha value is -1.12. The van der Waals surface area contributed by atoms with Crippen molar-refractivity contribution in [2.75, 3.05) is 5.73 Å². The van der Waals surface area contributed by atoms with Crippen molar-refractivity contribution in [1.29, 1.82) is 0 Å². The van der Waals surface area contributed by atoms with Gasteiger partial charge >= 0.3 is 0 Å². The first-order valence-electron chi connectivity index (χ1n) is 4.60. The monoisotopic (exact) mass is 179 g/mol. The van der Waals surface area contributed by atoms with Gasteiger partial charge in [-0.15, -0.1) is 0 Å². The van der Waals surface area contributed by atoms with E-state index in [1.165, 1.54) is 0 Å². The summed E-state index contributed by atoms with van der Waals surface area (Å²) < 4.78 is 0. The van der Waals surface area contributed by atoms with E-state index in [9.17, 15) is 0 Å². The number of nitrogens with zero attached hydrogens (tertiary/aromatic N) is 2. The van der Waals surface area contributed by atoms with Crippen LogP contribution in [-0.2, 0) is 6.42 Å². The lowest BCUT2D eigenvalue weighted by molar-refractivity contribution is 0.632. The Balaban J connectivity index is 3.01. The number of hydrogen-bond acceptors (Lipinski definition) is 3. The first kappa shape index (κ1) is 9.96. The van der Waals surface area contributed by atoms with Gasteiger partial charge in [-0.25, -0.2) is 4.98 Å². The Labute approximate surface area is 79.4 Å². The third-order valence-electron chi connectivity index (χ3n) is 2.01. The number of nitrogen functional groups attached to an aromatic ring is 1. The van der Waals surface area contributed by atoms with Gasteiger partial charge in [-0.3, -0.25) is 4.98 Å². The van der Waals surface area contributed by atoms with Crippen LogP contribution in [0.5, 0.6) is 0 Å². The summed E-state index contributed by atoms with van der Waals surface area (Å²) in [6.07, 6.45) is 0.903. The standard InChI is InChI=1S/C10H17N3/c1-6(2)5-9-10(11)13-8(4)7(3)12-9/h6H,5H2,1-4H3,(H2,11,13). The fourth-order valence-electron chi connectivity index (χ4n) is 1.20. The van der Waals surface area contributed by atoms with E-state index >= 15 is 0 Å². The molecule has 0 amide bonds. The first-order chi connectivity index (χ1) is 6.00. The van der Waals surface area contributed by atoms with Crippen LogP contribution in [0.25, 0.3) is 0 Å². The van der Waals surface area contributed by atoms with E-state index in [4.69, 9.17) is 5.73 Å². The molecule has 0 unspecified atom stereocenters. The van der Waals surface area contributed by atoms with Crippen molar-refractivity contribution in [1.82, 2.24) is 9.97 Å². The summed E-state index contributed by atoms with van der Waals surface area (Å²) in [5.74, 6) is 1.15. The molecule has 13 heavy (non-hydrogen) atoms. The second-order valence-electron chi connectivity index (χ2n) is 3.82. The van der Waals surface area contributed by atoms with Crippen LogP contribution in [0.1, 0.15) is 30.9 Å². The largest absolute Gasteiger partial charge is 0.382 e. The quantitative estimate of drug-likeness (QED) is 0.754. The predicted octanol–water partition coefficient (Wildman–Crippen LogP) is 1.87. The summed E-state index contributed by atoms with van der Waals surface area (Å²) in [5, 5.41) is 0. The molecule has 0 aliphatic rings. The Morgan fingerprint density at radius 2 is 1.69 bits per heavy atom. The number of rotatable bonds is 2. The minimum absolute atomic E-state index is 0.568. The van der Waals surface area contributed by atoms with Crippen LogP contribution in [0.4, 0.5) is 5.82 Å². The van der Waals surface area contributed by atoms with E-state index in [1.807, 2.05) is 13.8 Å². The van der Waals surface area contributed by atoms with Crippen molar-refractivity contribution in [2.24, 2.45) is 5.92 Å². The summed E-state index contributed by atoms with van der Waals surface area (Å²) in [4.78, 5) is 8.67. The summed E-state index contributed by atoms with van der Waals surface area (Å²) in [6, 6.07) is 0. The molecule has 72 valence electrons. The molecular formula is C10H17N3. The Morgan fingerprint density at radius 3 is 2.23 bits per heavy atom. The van der Waals surface area contributed by atoms with Gasteiger partial charge in [0.25, 0.3) is 0 Å². The smallest absolute Gasteiger partial charge is 0.145 e. The zero-order valence-corrected chi connectivity index (χ0v) is 8.76. The van der Waals surface area contributed by atoms with E-state index in [2.05, 4.69) is 23.8 Å². The average molecular weight is 179 g/mol. The van der Waals surface area contributed by atoms with Gasteiger partial charge in [0.2, 0.25) is 0 Å². The van der Waals surface area contributed by atoms with Crippen LogP contribution < -0.4 is 5.73 Å². The van der Waals surface area contributed by atoms with Crippen LogP contribution >= 0.6 is 0 Å². The van der Waals surface area contributed by atoms with E-state index in [1.54, 1.807) is 0 Å². The first-order valence-corrected chi connectivity index (χ1v) is 4.60. The molecule has 0 aliphatic carbocycles. The lowest BCUT2D eigenvalue weighted by Crippen LogP contribution is -2.07. The van der Waals surface area contributed by atoms with Crippen molar-refractivity contribution in [3.05, 3.63) is 17.1 Å². The molecular weight excluding hydrogens is 162 g/mol. The fourth-order valence-corrected chi connectivity index (χ4v) is 1.20. The zero-order chi connectivity index (χ0) is 10.0. The van der Waals surface area contributed by atoms with Crippen molar-refractivity contribution in [3.63, 3.8) is 0 Å². The van der Waals surface area contributed by atoms with Gasteiger partial charge < -0.3 is 5.73 Å². The lowest BCUT2D eigenvalue weighted by Gasteiger charge is -2.08. The van der Waals surface area contributed by atoms with Crippen LogP contribution in [-0.4, -0.2) is 9.97 Å². The van der Waals surface area contributed by atoms with Crippen LogP contribution in [0, 0.1) is 19.8 Å². The molecule has 3 nitrogen and oxygen atoms in total. The van der Waals surface area contributed by atoms with Gasteiger partial charge in [-0.2, -0.15) is 0 Å². The summed E-state index contributed by atoms with van der Waals surface area (Å²) >= 11 is 0. The van der Waals surface area contributed by atoms with Crippen molar-refractivity contribution in [3.8, 4) is 0 Å². The van der Waals surface area contributed by atoms with E-state index < -0.39 is 0 Å². The van der Waals surface area contributed by atoms with E-state index in [0.717, 1.165) is 23.5 Å². The van der Waals surface area contributed by atoms with Crippen LogP contribution in [0.3, 0.4) is 0 Å². The maximum atomic E-state index is 5.76. The van der Waals surface area contributed by atoms with Gasteiger partial charge in [0.05, 0.1) is 17.1 Å². The molecule has 0 aliphatic heterocycles. The Morgan fingerprint density at radius 1 is 1.15 bits per heavy atom. The molecule has 1 aromatic heterocycles. The minimum atomic E-state index is 0.568. The molecule has 3 heteroatoms. The number of anilines is 1. The predicted molar refractivity (Wildman–Crippen MR) is 54.5 cm³/mol. The third kappa shape index (κ3) is 2.41. The number of aromatic nitrogens is 2. The van der Waals surface area contributed by atoms with Gasteiger partial charge in [0.1, 0.15) is 5.82 Å². The highest BCUT2D eigenvalue weighted by Crippen LogP contribution is 2.13. The molecule has 1 heterocycles. The SMILES string of the molecule is Cc1nc(N)c(CC(C)C)nc1C. The zero-order valence-electron chi connectivity index (χ0n) is 8.76. The minimum Gasteiger partial charge on any atom is -0.382 e. The van der Waals surface area contributed by atoms with Crippen molar-refractivity contribution >= 4 is 5.82 Å². The van der Waals surface area contributed by atoms with Crippen molar-refractivity contribution in [2.45, 2.75) is 34.1 Å². The maximum Gasteiger partial charge on any atom is 0.145 e. The highest BCUT2D eigenvalue weighted by molar-refractivity contribution is 5.36. The van der Waals surface area contributed by atoms with Gasteiger partial charge in [0, 0.05) is 0 Å². The van der Waals surface area contributed by atoms with Crippen LogP contribution in [0.2, 0.25) is 0 Å². The number of aryl methyl sites for hydroxylation is 2. The molecule has 2 N–H and O–H groups in total. The topological polar surface area (TPSA) is 51.8 Å². The highest BCUT2D eigenvalue weighted by atomic mass is 14.9.